The molecule has 0 atom stereocenters. The first-order chi connectivity index (χ1) is 9.27. The van der Waals surface area contributed by atoms with Crippen molar-refractivity contribution in [1.29, 1.82) is 0 Å². The monoisotopic (exact) mass is 303 g/mol. The molecule has 0 radical (unpaired) electrons. The number of sulfonamides is 1. The summed E-state index contributed by atoms with van der Waals surface area (Å²) < 4.78 is 29.2. The minimum absolute atomic E-state index is 0.0507. The maximum absolute atomic E-state index is 12.1. The Kier molecular flexibility index (Phi) is 5.73. The number of hydrogen-bond donors (Lipinski definition) is 2. The van der Waals surface area contributed by atoms with Crippen LogP contribution in [0.4, 0.5) is 0 Å². The van der Waals surface area contributed by atoms with Crippen LogP contribution >= 0.6 is 0 Å². The Bertz CT molecular complexity index is 563. The topological polar surface area (TPSA) is 103 Å². The molecule has 0 spiro atoms. The summed E-state index contributed by atoms with van der Waals surface area (Å²) in [6.07, 6.45) is 2.07. The molecule has 8 heteroatoms. The number of primary sulfonamides is 1. The summed E-state index contributed by atoms with van der Waals surface area (Å²) in [6, 6.07) is 1.24. The summed E-state index contributed by atoms with van der Waals surface area (Å²) in [4.78, 5) is 12.0. The van der Waals surface area contributed by atoms with E-state index in [2.05, 4.69) is 5.32 Å². The Morgan fingerprint density at radius 1 is 1.50 bits per heavy atom. The van der Waals surface area contributed by atoms with Crippen LogP contribution in [0, 0.1) is 0 Å². The first-order valence-corrected chi connectivity index (χ1v) is 7.83. The highest BCUT2D eigenvalue weighted by molar-refractivity contribution is 7.89. The Labute approximate surface area is 119 Å². The largest absolute Gasteiger partial charge is 0.385 e. The number of aromatic nitrogens is 1. The fraction of sp³-hybridized carbons (Fsp3) is 0.583. The van der Waals surface area contributed by atoms with E-state index in [1.165, 1.54) is 12.3 Å². The number of nitrogens with one attached hydrogen (secondary N) is 1. The lowest BCUT2D eigenvalue weighted by atomic mass is 10.3. The van der Waals surface area contributed by atoms with Gasteiger partial charge in [0.25, 0.3) is 5.91 Å². The van der Waals surface area contributed by atoms with Crippen LogP contribution in [0.1, 0.15) is 36.8 Å². The van der Waals surface area contributed by atoms with Gasteiger partial charge in [0.05, 0.1) is 0 Å². The van der Waals surface area contributed by atoms with Crippen molar-refractivity contribution in [2.75, 3.05) is 20.3 Å². The van der Waals surface area contributed by atoms with Gasteiger partial charge in [-0.1, -0.05) is 0 Å². The van der Waals surface area contributed by atoms with E-state index in [1.54, 1.807) is 11.7 Å². The standard InChI is InChI=1S/C12H21N3O4S/c1-9(2)15-8-10(20(13,17)18)7-11(15)12(16)14-5-4-6-19-3/h7-9H,4-6H2,1-3H3,(H,14,16)(H2,13,17,18). The van der Waals surface area contributed by atoms with Gasteiger partial charge < -0.3 is 14.6 Å². The lowest BCUT2D eigenvalue weighted by Crippen LogP contribution is -2.27. The average Bonchev–Trinajstić information content (AvgIpc) is 2.79. The molecule has 1 rings (SSSR count). The van der Waals surface area contributed by atoms with E-state index >= 15 is 0 Å². The molecule has 3 N–H and O–H groups in total. The van der Waals surface area contributed by atoms with Crippen molar-refractivity contribution in [2.24, 2.45) is 5.14 Å². The van der Waals surface area contributed by atoms with Crippen LogP contribution in [-0.2, 0) is 14.8 Å². The molecule has 0 aromatic carbocycles. The van der Waals surface area contributed by atoms with Gasteiger partial charge in [0.1, 0.15) is 10.6 Å². The molecule has 0 aliphatic heterocycles. The molecule has 0 saturated heterocycles. The van der Waals surface area contributed by atoms with Crippen molar-refractivity contribution >= 4 is 15.9 Å². The number of hydrogen-bond acceptors (Lipinski definition) is 4. The number of methoxy groups -OCH3 is 1. The number of nitrogens with two attached hydrogens (primary N) is 1. The number of rotatable bonds is 7. The second-order valence-electron chi connectivity index (χ2n) is 4.71. The number of amides is 1. The fourth-order valence-corrected chi connectivity index (χ4v) is 2.26. The zero-order valence-electron chi connectivity index (χ0n) is 11.9. The molecule has 1 aromatic rings. The third-order valence-corrected chi connectivity index (χ3v) is 3.63. The summed E-state index contributed by atoms with van der Waals surface area (Å²) in [6.45, 7) is 4.72. The summed E-state index contributed by atoms with van der Waals surface area (Å²) in [5, 5.41) is 7.81. The first-order valence-electron chi connectivity index (χ1n) is 6.29. The predicted molar refractivity (Wildman–Crippen MR) is 75.0 cm³/mol. The van der Waals surface area contributed by atoms with Crippen LogP contribution in [0.15, 0.2) is 17.2 Å². The number of carbonyl (C=O) groups is 1. The molecular weight excluding hydrogens is 282 g/mol. The molecule has 0 saturated carbocycles. The van der Waals surface area contributed by atoms with Gasteiger partial charge in [0, 0.05) is 32.5 Å². The normalized spacial score (nSPS) is 11.8. The summed E-state index contributed by atoms with van der Waals surface area (Å²) >= 11 is 0. The third kappa shape index (κ3) is 4.32. The maximum atomic E-state index is 12.1. The van der Waals surface area contributed by atoms with E-state index in [-0.39, 0.29) is 22.5 Å². The molecule has 0 bridgehead atoms. The predicted octanol–water partition coefficient (Wildman–Crippen LogP) is 0.483. The van der Waals surface area contributed by atoms with E-state index in [4.69, 9.17) is 9.88 Å². The lowest BCUT2D eigenvalue weighted by Gasteiger charge is -2.12. The number of carbonyl (C=O) groups excluding carboxylic acids is 1. The minimum Gasteiger partial charge on any atom is -0.385 e. The van der Waals surface area contributed by atoms with Gasteiger partial charge in [-0.25, -0.2) is 13.6 Å². The average molecular weight is 303 g/mol. The van der Waals surface area contributed by atoms with E-state index in [9.17, 15) is 13.2 Å². The second kappa shape index (κ2) is 6.87. The third-order valence-electron chi connectivity index (χ3n) is 2.75. The van der Waals surface area contributed by atoms with E-state index < -0.39 is 10.0 Å². The van der Waals surface area contributed by atoms with Crippen molar-refractivity contribution < 1.29 is 17.9 Å². The van der Waals surface area contributed by atoms with Gasteiger partial charge in [0.15, 0.2) is 0 Å². The molecule has 1 aromatic heterocycles. The van der Waals surface area contributed by atoms with Crippen LogP contribution < -0.4 is 10.5 Å². The minimum atomic E-state index is -3.82. The van der Waals surface area contributed by atoms with Gasteiger partial charge in [-0.05, 0) is 26.3 Å². The van der Waals surface area contributed by atoms with Crippen molar-refractivity contribution in [3.05, 3.63) is 18.0 Å². The Balaban J connectivity index is 2.92. The van der Waals surface area contributed by atoms with Crippen molar-refractivity contribution in [1.82, 2.24) is 9.88 Å². The molecule has 0 unspecified atom stereocenters. The van der Waals surface area contributed by atoms with Gasteiger partial charge in [0.2, 0.25) is 10.0 Å². The Morgan fingerprint density at radius 2 is 2.15 bits per heavy atom. The van der Waals surface area contributed by atoms with Crippen molar-refractivity contribution in [3.63, 3.8) is 0 Å². The van der Waals surface area contributed by atoms with Gasteiger partial charge >= 0.3 is 0 Å². The quantitative estimate of drug-likeness (QED) is 0.715. The van der Waals surface area contributed by atoms with Crippen LogP contribution in [0.5, 0.6) is 0 Å². The van der Waals surface area contributed by atoms with Crippen molar-refractivity contribution in [3.8, 4) is 0 Å². The second-order valence-corrected chi connectivity index (χ2v) is 6.27. The smallest absolute Gasteiger partial charge is 0.267 e. The van der Waals surface area contributed by atoms with Crippen molar-refractivity contribution in [2.45, 2.75) is 31.2 Å². The van der Waals surface area contributed by atoms with Gasteiger partial charge in [-0.2, -0.15) is 0 Å². The molecule has 0 aliphatic rings. The highest BCUT2D eigenvalue weighted by Gasteiger charge is 2.19. The van der Waals surface area contributed by atoms with Crippen LogP contribution in [0.3, 0.4) is 0 Å². The molecule has 1 amide bonds. The van der Waals surface area contributed by atoms with Gasteiger partial charge in [-0.15, -0.1) is 0 Å². The van der Waals surface area contributed by atoms with E-state index in [0.29, 0.717) is 19.6 Å². The van der Waals surface area contributed by atoms with E-state index in [0.717, 1.165) is 0 Å². The number of ether oxygens (including phenoxy) is 1. The Morgan fingerprint density at radius 3 is 2.65 bits per heavy atom. The summed E-state index contributed by atoms with van der Waals surface area (Å²) in [7, 11) is -2.23. The lowest BCUT2D eigenvalue weighted by molar-refractivity contribution is 0.0938. The molecule has 0 aliphatic carbocycles. The zero-order valence-corrected chi connectivity index (χ0v) is 12.7. The highest BCUT2D eigenvalue weighted by Crippen LogP contribution is 2.17. The molecule has 1 heterocycles. The molecule has 114 valence electrons. The molecule has 0 fully saturated rings. The molecule has 20 heavy (non-hydrogen) atoms. The molecule has 7 nitrogen and oxygen atoms in total. The molecular formula is C12H21N3O4S. The van der Waals surface area contributed by atoms with E-state index in [1.807, 2.05) is 13.8 Å². The summed E-state index contributed by atoms with van der Waals surface area (Å²) in [5.41, 5.74) is 0.279. The maximum Gasteiger partial charge on any atom is 0.267 e. The highest BCUT2D eigenvalue weighted by atomic mass is 32.2. The zero-order chi connectivity index (χ0) is 15.3. The van der Waals surface area contributed by atoms with Gasteiger partial charge in [-0.3, -0.25) is 4.79 Å². The van der Waals surface area contributed by atoms with Crippen LogP contribution in [0.2, 0.25) is 0 Å². The Hall–Kier alpha value is -1.38. The summed E-state index contributed by atoms with van der Waals surface area (Å²) in [5.74, 6) is -0.329. The first kappa shape index (κ1) is 16.7. The fourth-order valence-electron chi connectivity index (χ4n) is 1.73. The number of nitrogens with zero attached hydrogens (tertiary/aromatic N) is 1. The van der Waals surface area contributed by atoms with Crippen LogP contribution in [0.25, 0.3) is 0 Å². The van der Waals surface area contributed by atoms with Crippen LogP contribution in [-0.4, -0.2) is 39.2 Å². The SMILES string of the molecule is COCCCNC(=O)c1cc(S(N)(=O)=O)cn1C(C)C.